The number of hydrogen-bond donors (Lipinski definition) is 0. The summed E-state index contributed by atoms with van der Waals surface area (Å²) in [6.45, 7) is 7.37. The van der Waals surface area contributed by atoms with E-state index in [9.17, 15) is 0 Å². The van der Waals surface area contributed by atoms with Gasteiger partial charge in [-0.2, -0.15) is 0 Å². The molecule has 1 aromatic carbocycles. The third kappa shape index (κ3) is 2.58. The maximum absolute atomic E-state index is 16.2. The van der Waals surface area contributed by atoms with Gasteiger partial charge in [0.2, 0.25) is 0 Å². The fourth-order valence-corrected chi connectivity index (χ4v) is 6.04. The molecular formula is C23H25BCl2F2N2. The van der Waals surface area contributed by atoms with E-state index in [1.54, 1.807) is 32.0 Å². The number of halogens is 4. The minimum atomic E-state index is -4.05. The van der Waals surface area contributed by atoms with Crippen LogP contribution in [0, 0.1) is 13.8 Å². The molecule has 3 heterocycles. The van der Waals surface area contributed by atoms with Gasteiger partial charge in [-0.1, -0.05) is 43.1 Å². The van der Waals surface area contributed by atoms with Gasteiger partial charge in [-0.05, 0) is 62.6 Å². The number of hydrogen-bond acceptors (Lipinski definition) is 0. The first-order chi connectivity index (χ1) is 14.1. The maximum Gasteiger partial charge on any atom is 0.737 e. The molecule has 0 spiro atoms. The Kier molecular flexibility index (Phi) is 5.06. The largest absolute Gasteiger partial charge is 0.737 e. The topological polar surface area (TPSA) is 7.94 Å². The number of nitrogens with zero attached hydrogens (tertiary/aromatic N) is 2. The van der Waals surface area contributed by atoms with Gasteiger partial charge in [0.25, 0.3) is 0 Å². The number of rotatable bonds is 3. The van der Waals surface area contributed by atoms with E-state index in [2.05, 4.69) is 0 Å². The predicted molar refractivity (Wildman–Crippen MR) is 123 cm³/mol. The Morgan fingerprint density at radius 3 is 2.13 bits per heavy atom. The van der Waals surface area contributed by atoms with Crippen LogP contribution in [-0.4, -0.2) is 21.6 Å². The highest BCUT2D eigenvalue weighted by Crippen LogP contribution is 2.49. The third-order valence-corrected chi connectivity index (χ3v) is 7.34. The average Bonchev–Trinajstić information content (AvgIpc) is 3.08. The molecule has 0 aliphatic carbocycles. The van der Waals surface area contributed by atoms with Crippen LogP contribution < -0.4 is 0 Å². The number of aromatic nitrogens is 1. The molecule has 2 nitrogen and oxygen atoms in total. The molecule has 30 heavy (non-hydrogen) atoms. The first-order valence-electron chi connectivity index (χ1n) is 10.3. The summed E-state index contributed by atoms with van der Waals surface area (Å²) >= 11 is 13.3. The van der Waals surface area contributed by atoms with Gasteiger partial charge in [0.05, 0.1) is 15.6 Å². The normalized spacial score (nSPS) is 17.8. The molecule has 2 aliphatic heterocycles. The minimum absolute atomic E-state index is 0.459. The van der Waals surface area contributed by atoms with E-state index < -0.39 is 6.97 Å². The molecule has 7 heteroatoms. The van der Waals surface area contributed by atoms with E-state index in [-0.39, 0.29) is 0 Å². The van der Waals surface area contributed by atoms with Gasteiger partial charge in [0, 0.05) is 29.3 Å². The van der Waals surface area contributed by atoms with Crippen molar-refractivity contribution in [1.29, 1.82) is 0 Å². The lowest BCUT2D eigenvalue weighted by atomic mass is 9.83. The van der Waals surface area contributed by atoms with Crippen LogP contribution in [0.1, 0.15) is 62.2 Å². The van der Waals surface area contributed by atoms with Crippen LogP contribution in [0.5, 0.6) is 0 Å². The quantitative estimate of drug-likeness (QED) is 0.439. The number of allylic oxidation sites excluding steroid dienone is 2. The summed E-state index contributed by atoms with van der Waals surface area (Å²) in [5, 5.41) is 0.918. The zero-order valence-electron chi connectivity index (χ0n) is 18.1. The molecule has 0 atom stereocenters. The molecule has 1 aromatic heterocycles. The summed E-state index contributed by atoms with van der Waals surface area (Å²) in [5.41, 5.74) is 7.19. The third-order valence-electron chi connectivity index (χ3n) is 6.71. The Balaban J connectivity index is 2.29. The second-order valence-corrected chi connectivity index (χ2v) is 8.90. The maximum atomic E-state index is 16.2. The van der Waals surface area contributed by atoms with E-state index in [0.29, 0.717) is 56.8 Å². The molecule has 2 aliphatic rings. The Labute approximate surface area is 186 Å². The van der Waals surface area contributed by atoms with Crippen molar-refractivity contribution in [3.8, 4) is 0 Å². The average molecular weight is 449 g/mol. The molecule has 158 valence electrons. The van der Waals surface area contributed by atoms with Gasteiger partial charge in [0.1, 0.15) is 5.71 Å². The summed E-state index contributed by atoms with van der Waals surface area (Å²) in [6.07, 6.45) is 1.36. The van der Waals surface area contributed by atoms with Crippen molar-refractivity contribution in [2.24, 2.45) is 0 Å². The van der Waals surface area contributed by atoms with Crippen LogP contribution >= 0.6 is 23.2 Å². The van der Waals surface area contributed by atoms with Gasteiger partial charge >= 0.3 is 6.97 Å². The standard InChI is InChI=1S/C23H25BCl2F2N2/c1-7-16-12(3)22-21(20-18(25)10-9-11-19(20)26)23-13(4)17(8-2)15(6)30(23)24(27,28)29(22)14(16)5/h9-11H,7-8H2,1-6H3. The predicted octanol–water partition coefficient (Wildman–Crippen LogP) is 7.18. The molecule has 0 N–H and O–H groups in total. The lowest BCUT2D eigenvalue weighted by Crippen LogP contribution is -2.51. The molecule has 0 saturated carbocycles. The monoisotopic (exact) mass is 448 g/mol. The van der Waals surface area contributed by atoms with E-state index in [1.807, 2.05) is 27.7 Å². The summed E-state index contributed by atoms with van der Waals surface area (Å²) in [7, 11) is 0. The van der Waals surface area contributed by atoms with Crippen molar-refractivity contribution in [3.63, 3.8) is 0 Å². The van der Waals surface area contributed by atoms with Crippen molar-refractivity contribution in [2.45, 2.75) is 54.4 Å². The first kappa shape index (κ1) is 21.4. The van der Waals surface area contributed by atoms with Gasteiger partial charge in [-0.25, -0.2) is 0 Å². The van der Waals surface area contributed by atoms with E-state index in [4.69, 9.17) is 23.2 Å². The van der Waals surface area contributed by atoms with Gasteiger partial charge in [-0.3, -0.25) is 0 Å². The molecule has 4 rings (SSSR count). The molecule has 0 saturated heterocycles. The van der Waals surface area contributed by atoms with Crippen molar-refractivity contribution in [1.82, 2.24) is 4.48 Å². The second-order valence-electron chi connectivity index (χ2n) is 8.08. The molecule has 0 unspecified atom stereocenters. The Morgan fingerprint density at radius 2 is 1.60 bits per heavy atom. The molecule has 2 aromatic rings. The fourth-order valence-electron chi connectivity index (χ4n) is 5.45. The van der Waals surface area contributed by atoms with Crippen molar-refractivity contribution >= 4 is 41.5 Å². The SMILES string of the molecule is CCC1=C(C)C2=C(c3c(Cl)cccc3Cl)c3c(C)c(CC)c(C)n3[B-](F)(F)[N+]2=C1C. The highest BCUT2D eigenvalue weighted by atomic mass is 35.5. The van der Waals surface area contributed by atoms with Gasteiger partial charge in [0.15, 0.2) is 5.70 Å². The van der Waals surface area contributed by atoms with Crippen molar-refractivity contribution in [3.05, 3.63) is 73.2 Å². The zero-order valence-corrected chi connectivity index (χ0v) is 19.6. The molecule has 0 fully saturated rings. The fraction of sp³-hybridized carbons (Fsp3) is 0.348. The lowest BCUT2D eigenvalue weighted by molar-refractivity contribution is -0.363. The minimum Gasteiger partial charge on any atom is -0.393 e. The summed E-state index contributed by atoms with van der Waals surface area (Å²) in [4.78, 5) is 0. The van der Waals surface area contributed by atoms with Crippen molar-refractivity contribution in [2.75, 3.05) is 0 Å². The van der Waals surface area contributed by atoms with Crippen LogP contribution in [-0.2, 0) is 6.42 Å². The lowest BCUT2D eigenvalue weighted by Gasteiger charge is -2.34. The van der Waals surface area contributed by atoms with Crippen LogP contribution in [0.3, 0.4) is 0 Å². The highest BCUT2D eigenvalue weighted by Gasteiger charge is 2.57. The van der Waals surface area contributed by atoms with Gasteiger partial charge < -0.3 is 17.6 Å². The van der Waals surface area contributed by atoms with E-state index in [1.165, 1.54) is 8.96 Å². The highest BCUT2D eigenvalue weighted by molar-refractivity contribution is 6.58. The van der Waals surface area contributed by atoms with Crippen LogP contribution in [0.4, 0.5) is 8.63 Å². The Hall–Kier alpha value is -1.85. The number of benzene rings is 1. The Morgan fingerprint density at radius 1 is 1.00 bits per heavy atom. The summed E-state index contributed by atoms with van der Waals surface area (Å²) in [6, 6.07) is 5.31. The Bertz CT molecular complexity index is 1180. The zero-order chi connectivity index (χ0) is 22.1. The molecular weight excluding hydrogens is 424 g/mol. The molecule has 0 radical (unpaired) electrons. The van der Waals surface area contributed by atoms with Crippen molar-refractivity contribution < 1.29 is 13.1 Å². The van der Waals surface area contributed by atoms with E-state index >= 15 is 8.63 Å². The van der Waals surface area contributed by atoms with Crippen LogP contribution in [0.25, 0.3) is 5.57 Å². The summed E-state index contributed by atoms with van der Waals surface area (Å²) < 4.78 is 34.8. The molecule has 0 bridgehead atoms. The first-order valence-corrected chi connectivity index (χ1v) is 11.1. The van der Waals surface area contributed by atoms with E-state index in [0.717, 1.165) is 22.3 Å². The van der Waals surface area contributed by atoms with Gasteiger partial charge in [-0.15, -0.1) is 0 Å². The second kappa shape index (κ2) is 7.10. The van der Waals surface area contributed by atoms with Crippen LogP contribution in [0.15, 0.2) is 35.0 Å². The molecule has 0 amide bonds. The number of fused-ring (bicyclic) bond motifs is 2. The van der Waals surface area contributed by atoms with Crippen LogP contribution in [0.2, 0.25) is 10.0 Å². The summed E-state index contributed by atoms with van der Waals surface area (Å²) in [5.74, 6) is 0. The smallest absolute Gasteiger partial charge is 0.393 e.